The van der Waals surface area contributed by atoms with Crippen molar-refractivity contribution in [2.24, 2.45) is 0 Å². The van der Waals surface area contributed by atoms with Crippen LogP contribution >= 0.6 is 0 Å². The number of halogens is 3. The Balaban J connectivity index is 3.18. The summed E-state index contributed by atoms with van der Waals surface area (Å²) >= 11 is 0. The molecule has 3 heteroatoms. The van der Waals surface area contributed by atoms with Crippen LogP contribution in [0.2, 0.25) is 0 Å². The van der Waals surface area contributed by atoms with Crippen LogP contribution in [0.5, 0.6) is 0 Å². The van der Waals surface area contributed by atoms with Gasteiger partial charge in [-0.05, 0) is 18.6 Å². The number of alkyl halides is 3. The lowest BCUT2D eigenvalue weighted by molar-refractivity contribution is -0.137. The molecule has 0 spiro atoms. The fourth-order valence-electron chi connectivity index (χ4n) is 1.61. The lowest BCUT2D eigenvalue weighted by Crippen LogP contribution is -2.15. The maximum atomic E-state index is 12.5. The minimum atomic E-state index is -4.28. The van der Waals surface area contributed by atoms with E-state index in [-0.39, 0.29) is 5.41 Å². The van der Waals surface area contributed by atoms with Gasteiger partial charge >= 0.3 is 6.18 Å². The van der Waals surface area contributed by atoms with Crippen molar-refractivity contribution in [3.05, 3.63) is 47.5 Å². The minimum Gasteiger partial charge on any atom is -0.166 e. The lowest BCUT2D eigenvalue weighted by Gasteiger charge is -2.22. The van der Waals surface area contributed by atoms with Crippen LogP contribution in [0.1, 0.15) is 31.9 Å². The highest BCUT2D eigenvalue weighted by atomic mass is 19.4. The van der Waals surface area contributed by atoms with Crippen molar-refractivity contribution >= 4 is 0 Å². The van der Waals surface area contributed by atoms with E-state index in [9.17, 15) is 13.2 Å². The van der Waals surface area contributed by atoms with E-state index in [1.54, 1.807) is 6.07 Å². The van der Waals surface area contributed by atoms with Crippen molar-refractivity contribution in [3.63, 3.8) is 0 Å². The van der Waals surface area contributed by atoms with E-state index in [1.165, 1.54) is 12.1 Å². The van der Waals surface area contributed by atoms with Crippen molar-refractivity contribution in [1.82, 2.24) is 0 Å². The Kier molecular flexibility index (Phi) is 3.46. The second-order valence-electron chi connectivity index (χ2n) is 4.30. The Morgan fingerprint density at radius 2 is 1.62 bits per heavy atom. The SMILES string of the molecule is CC=CC(C)(C)c1cccc(C(F)(F)F)c1. The van der Waals surface area contributed by atoms with Crippen LogP contribution < -0.4 is 0 Å². The fraction of sp³-hybridized carbons (Fsp3) is 0.385. The summed E-state index contributed by atoms with van der Waals surface area (Å²) in [5, 5.41) is 0. The van der Waals surface area contributed by atoms with Gasteiger partial charge in [-0.15, -0.1) is 0 Å². The molecular weight excluding hydrogens is 213 g/mol. The highest BCUT2D eigenvalue weighted by Crippen LogP contribution is 2.33. The number of hydrogen-bond donors (Lipinski definition) is 0. The molecule has 16 heavy (non-hydrogen) atoms. The first-order chi connectivity index (χ1) is 7.27. The summed E-state index contributed by atoms with van der Waals surface area (Å²) in [6, 6.07) is 5.47. The molecule has 0 nitrogen and oxygen atoms in total. The molecule has 0 radical (unpaired) electrons. The molecule has 0 saturated heterocycles. The average molecular weight is 228 g/mol. The normalized spacial score (nSPS) is 13.4. The van der Waals surface area contributed by atoms with Gasteiger partial charge in [0.1, 0.15) is 0 Å². The van der Waals surface area contributed by atoms with Crippen LogP contribution in [0.25, 0.3) is 0 Å². The van der Waals surface area contributed by atoms with E-state index >= 15 is 0 Å². The largest absolute Gasteiger partial charge is 0.416 e. The molecule has 0 amide bonds. The van der Waals surface area contributed by atoms with Crippen LogP contribution in [-0.4, -0.2) is 0 Å². The molecule has 0 atom stereocenters. The van der Waals surface area contributed by atoms with E-state index in [2.05, 4.69) is 0 Å². The van der Waals surface area contributed by atoms with Gasteiger partial charge in [-0.25, -0.2) is 0 Å². The van der Waals surface area contributed by atoms with Gasteiger partial charge in [0.05, 0.1) is 5.56 Å². The Hall–Kier alpha value is -1.25. The first-order valence-corrected chi connectivity index (χ1v) is 5.09. The molecule has 0 aromatic heterocycles. The average Bonchev–Trinajstić information content (AvgIpc) is 2.16. The molecule has 0 N–H and O–H groups in total. The van der Waals surface area contributed by atoms with Crippen LogP contribution in [0.15, 0.2) is 36.4 Å². The summed E-state index contributed by atoms with van der Waals surface area (Å²) in [4.78, 5) is 0. The Morgan fingerprint density at radius 1 is 1.06 bits per heavy atom. The second-order valence-corrected chi connectivity index (χ2v) is 4.30. The number of allylic oxidation sites excluding steroid dienone is 2. The lowest BCUT2D eigenvalue weighted by atomic mass is 9.83. The van der Waals surface area contributed by atoms with E-state index in [1.807, 2.05) is 32.9 Å². The van der Waals surface area contributed by atoms with Crippen LogP contribution in [-0.2, 0) is 11.6 Å². The highest BCUT2D eigenvalue weighted by molar-refractivity contribution is 5.33. The molecule has 0 unspecified atom stereocenters. The Bertz CT molecular complexity index is 386. The summed E-state index contributed by atoms with van der Waals surface area (Å²) in [6.07, 6.45) is -0.537. The summed E-state index contributed by atoms with van der Waals surface area (Å²) in [5.74, 6) is 0. The first kappa shape index (κ1) is 12.8. The molecule has 0 aliphatic rings. The monoisotopic (exact) mass is 228 g/mol. The first-order valence-electron chi connectivity index (χ1n) is 5.09. The van der Waals surface area contributed by atoms with Gasteiger partial charge in [0.25, 0.3) is 0 Å². The molecule has 1 rings (SSSR count). The van der Waals surface area contributed by atoms with Crippen LogP contribution in [0.4, 0.5) is 13.2 Å². The summed E-state index contributed by atoms with van der Waals surface area (Å²) in [7, 11) is 0. The highest BCUT2D eigenvalue weighted by Gasteiger charge is 2.31. The van der Waals surface area contributed by atoms with Crippen molar-refractivity contribution in [1.29, 1.82) is 0 Å². The molecule has 88 valence electrons. The predicted molar refractivity (Wildman–Crippen MR) is 59.3 cm³/mol. The third-order valence-corrected chi connectivity index (χ3v) is 2.52. The zero-order valence-electron chi connectivity index (χ0n) is 9.60. The van der Waals surface area contributed by atoms with Gasteiger partial charge in [0.15, 0.2) is 0 Å². The van der Waals surface area contributed by atoms with E-state index < -0.39 is 11.7 Å². The van der Waals surface area contributed by atoms with Crippen molar-refractivity contribution < 1.29 is 13.2 Å². The predicted octanol–water partition coefficient (Wildman–Crippen LogP) is 4.56. The van der Waals surface area contributed by atoms with Gasteiger partial charge in [-0.1, -0.05) is 44.2 Å². The number of rotatable bonds is 2. The molecule has 0 saturated carbocycles. The maximum absolute atomic E-state index is 12.5. The Morgan fingerprint density at radius 3 is 2.12 bits per heavy atom. The van der Waals surface area contributed by atoms with Crippen LogP contribution in [0.3, 0.4) is 0 Å². The van der Waals surface area contributed by atoms with Gasteiger partial charge in [-0.3, -0.25) is 0 Å². The zero-order valence-corrected chi connectivity index (χ0v) is 9.60. The van der Waals surface area contributed by atoms with E-state index in [0.29, 0.717) is 5.56 Å². The van der Waals surface area contributed by atoms with Crippen molar-refractivity contribution in [2.75, 3.05) is 0 Å². The molecule has 0 aliphatic carbocycles. The number of benzene rings is 1. The standard InChI is InChI=1S/C13H15F3/c1-4-8-12(2,3)10-6-5-7-11(9-10)13(14,15)16/h4-9H,1-3H3. The molecule has 0 heterocycles. The van der Waals surface area contributed by atoms with Crippen molar-refractivity contribution in [3.8, 4) is 0 Å². The molecule has 0 bridgehead atoms. The fourth-order valence-corrected chi connectivity index (χ4v) is 1.61. The quantitative estimate of drug-likeness (QED) is 0.651. The van der Waals surface area contributed by atoms with Gasteiger partial charge in [0.2, 0.25) is 0 Å². The van der Waals surface area contributed by atoms with Gasteiger partial charge in [-0.2, -0.15) is 13.2 Å². The topological polar surface area (TPSA) is 0 Å². The zero-order chi connectivity index (χ0) is 12.4. The second kappa shape index (κ2) is 4.32. The van der Waals surface area contributed by atoms with Crippen LogP contribution in [0, 0.1) is 0 Å². The third kappa shape index (κ3) is 2.87. The summed E-state index contributed by atoms with van der Waals surface area (Å²) in [6.45, 7) is 5.64. The summed E-state index contributed by atoms with van der Waals surface area (Å²) < 4.78 is 37.6. The van der Waals surface area contributed by atoms with E-state index in [4.69, 9.17) is 0 Å². The third-order valence-electron chi connectivity index (χ3n) is 2.52. The molecule has 1 aromatic carbocycles. The number of hydrogen-bond acceptors (Lipinski definition) is 0. The molecule has 1 aromatic rings. The molecule has 0 aliphatic heterocycles. The Labute approximate surface area is 93.8 Å². The van der Waals surface area contributed by atoms with Gasteiger partial charge < -0.3 is 0 Å². The van der Waals surface area contributed by atoms with E-state index in [0.717, 1.165) is 6.07 Å². The van der Waals surface area contributed by atoms with Gasteiger partial charge in [0, 0.05) is 5.41 Å². The maximum Gasteiger partial charge on any atom is 0.416 e. The van der Waals surface area contributed by atoms with Crippen molar-refractivity contribution in [2.45, 2.75) is 32.4 Å². The summed E-state index contributed by atoms with van der Waals surface area (Å²) in [5.41, 5.74) is -0.307. The minimum absolute atomic E-state index is 0.379. The smallest absolute Gasteiger partial charge is 0.166 e. The molecular formula is C13H15F3. The molecule has 0 fully saturated rings.